The highest BCUT2D eigenvalue weighted by atomic mass is 35.5. The molecule has 1 N–H and O–H groups in total. The minimum Gasteiger partial charge on any atom is -0.307 e. The van der Waals surface area contributed by atoms with Gasteiger partial charge in [-0.1, -0.05) is 47.5 Å². The van der Waals surface area contributed by atoms with Crippen molar-refractivity contribution >= 4 is 29.0 Å². The molecule has 3 aromatic carbocycles. The summed E-state index contributed by atoms with van der Waals surface area (Å²) >= 11 is 6.28. The predicted octanol–water partition coefficient (Wildman–Crippen LogP) is 6.41. The first kappa shape index (κ1) is 23.4. The first-order valence-corrected chi connectivity index (χ1v) is 12.4. The molecule has 0 unspecified atom stereocenters. The maximum absolute atomic E-state index is 13.4. The van der Waals surface area contributed by atoms with Gasteiger partial charge in [-0.05, 0) is 86.8 Å². The topological polar surface area (TPSA) is 59.4 Å². The molecule has 6 heteroatoms. The van der Waals surface area contributed by atoms with E-state index in [4.69, 9.17) is 16.9 Å². The zero-order valence-electron chi connectivity index (χ0n) is 20.1. The van der Waals surface area contributed by atoms with Crippen molar-refractivity contribution in [1.29, 1.82) is 5.26 Å². The molecule has 0 atom stereocenters. The van der Waals surface area contributed by atoms with Crippen molar-refractivity contribution in [3.05, 3.63) is 93.5 Å². The Morgan fingerprint density at radius 1 is 1.09 bits per heavy atom. The van der Waals surface area contributed by atoms with Gasteiger partial charge in [0.05, 0.1) is 11.6 Å². The van der Waals surface area contributed by atoms with Crippen LogP contribution in [-0.2, 0) is 12.0 Å². The third kappa shape index (κ3) is 4.52. The zero-order chi connectivity index (χ0) is 24.6. The summed E-state index contributed by atoms with van der Waals surface area (Å²) in [6.07, 6.45) is 2.00. The standard InChI is InChI=1S/C29H29ClN4O/c1-20-6-11-27-24(16-20)29(19-34(27)28(35)32-26-5-3-4-25(30)21(26)2)12-14-33(15-13-29)18-23-9-7-22(17-31)8-10-23/h3-11,16H,12-15,18-19H2,1-2H3,(H,32,35). The molecule has 0 aliphatic carbocycles. The number of likely N-dealkylation sites (tertiary alicyclic amines) is 1. The summed E-state index contributed by atoms with van der Waals surface area (Å²) in [5, 5.41) is 12.8. The van der Waals surface area contributed by atoms with Crippen LogP contribution in [0.2, 0.25) is 5.02 Å². The molecule has 0 bridgehead atoms. The van der Waals surface area contributed by atoms with Gasteiger partial charge in [0.15, 0.2) is 0 Å². The van der Waals surface area contributed by atoms with Gasteiger partial charge in [0, 0.05) is 34.9 Å². The number of rotatable bonds is 3. The van der Waals surface area contributed by atoms with E-state index >= 15 is 0 Å². The quantitative estimate of drug-likeness (QED) is 0.467. The summed E-state index contributed by atoms with van der Waals surface area (Å²) in [6.45, 7) is 7.53. The minimum absolute atomic E-state index is 0.0385. The SMILES string of the molecule is Cc1ccc2c(c1)C1(CCN(Cc3ccc(C#N)cc3)CC1)CN2C(=O)Nc1cccc(Cl)c1C. The average molecular weight is 485 g/mol. The molecule has 2 aliphatic heterocycles. The maximum Gasteiger partial charge on any atom is 0.326 e. The lowest BCUT2D eigenvalue weighted by Crippen LogP contribution is -2.46. The van der Waals surface area contributed by atoms with E-state index in [1.807, 2.05) is 54.3 Å². The van der Waals surface area contributed by atoms with Crippen LogP contribution in [0.5, 0.6) is 0 Å². The molecule has 1 saturated heterocycles. The molecule has 1 spiro atoms. The Morgan fingerprint density at radius 2 is 1.83 bits per heavy atom. The largest absolute Gasteiger partial charge is 0.326 e. The second-order valence-electron chi connectivity index (χ2n) is 9.81. The van der Waals surface area contributed by atoms with Crippen LogP contribution in [0.15, 0.2) is 60.7 Å². The maximum atomic E-state index is 13.4. The Morgan fingerprint density at radius 3 is 2.54 bits per heavy atom. The zero-order valence-corrected chi connectivity index (χ0v) is 20.9. The van der Waals surface area contributed by atoms with E-state index in [2.05, 4.69) is 41.4 Å². The number of halogens is 1. The second kappa shape index (κ2) is 9.37. The average Bonchev–Trinajstić information content (AvgIpc) is 3.17. The van der Waals surface area contributed by atoms with Gasteiger partial charge in [-0.15, -0.1) is 0 Å². The molecule has 5 rings (SSSR count). The highest BCUT2D eigenvalue weighted by molar-refractivity contribution is 6.31. The van der Waals surface area contributed by atoms with Crippen molar-refractivity contribution in [2.24, 2.45) is 0 Å². The molecule has 0 aromatic heterocycles. The van der Waals surface area contributed by atoms with E-state index in [-0.39, 0.29) is 11.4 Å². The molecule has 0 saturated carbocycles. The van der Waals surface area contributed by atoms with Gasteiger partial charge < -0.3 is 5.32 Å². The minimum atomic E-state index is -0.114. The van der Waals surface area contributed by atoms with Crippen molar-refractivity contribution in [3.8, 4) is 6.07 Å². The Hall–Kier alpha value is -3.33. The van der Waals surface area contributed by atoms with Gasteiger partial charge in [-0.2, -0.15) is 5.26 Å². The fourth-order valence-electron chi connectivity index (χ4n) is 5.40. The smallest absolute Gasteiger partial charge is 0.307 e. The number of amides is 2. The van der Waals surface area contributed by atoms with E-state index in [0.29, 0.717) is 17.1 Å². The van der Waals surface area contributed by atoms with Crippen LogP contribution in [0, 0.1) is 25.2 Å². The molecule has 1 fully saturated rings. The first-order valence-electron chi connectivity index (χ1n) is 12.0. The fraction of sp³-hybridized carbons (Fsp3) is 0.310. The normalized spacial score (nSPS) is 16.7. The van der Waals surface area contributed by atoms with Crippen molar-refractivity contribution in [2.45, 2.75) is 38.6 Å². The van der Waals surface area contributed by atoms with Gasteiger partial charge in [0.1, 0.15) is 0 Å². The number of carbonyl (C=O) groups is 1. The monoisotopic (exact) mass is 484 g/mol. The van der Waals surface area contributed by atoms with Gasteiger partial charge in [-0.3, -0.25) is 9.80 Å². The highest BCUT2D eigenvalue weighted by Crippen LogP contribution is 2.47. The first-order chi connectivity index (χ1) is 16.9. The highest BCUT2D eigenvalue weighted by Gasteiger charge is 2.46. The molecule has 35 heavy (non-hydrogen) atoms. The number of nitrogens with one attached hydrogen (secondary N) is 1. The number of carbonyl (C=O) groups excluding carboxylic acids is 1. The molecular formula is C29H29ClN4O. The van der Waals surface area contributed by atoms with Gasteiger partial charge in [0.25, 0.3) is 0 Å². The third-order valence-electron chi connectivity index (χ3n) is 7.53. The third-order valence-corrected chi connectivity index (χ3v) is 7.94. The molecule has 3 aromatic rings. The number of aryl methyl sites for hydroxylation is 1. The number of fused-ring (bicyclic) bond motifs is 2. The summed E-state index contributed by atoms with van der Waals surface area (Å²) in [4.78, 5) is 17.8. The lowest BCUT2D eigenvalue weighted by atomic mass is 9.74. The Kier molecular flexibility index (Phi) is 6.27. The van der Waals surface area contributed by atoms with Crippen molar-refractivity contribution < 1.29 is 4.79 Å². The van der Waals surface area contributed by atoms with Crippen LogP contribution in [0.25, 0.3) is 0 Å². The number of hydrogen-bond donors (Lipinski definition) is 1. The molecule has 2 amide bonds. The van der Waals surface area contributed by atoms with Gasteiger partial charge >= 0.3 is 6.03 Å². The molecule has 5 nitrogen and oxygen atoms in total. The molecule has 2 aliphatic rings. The van der Waals surface area contributed by atoms with Gasteiger partial charge in [0.2, 0.25) is 0 Å². The summed E-state index contributed by atoms with van der Waals surface area (Å²) in [6, 6.07) is 21.9. The second-order valence-corrected chi connectivity index (χ2v) is 10.2. The van der Waals surface area contributed by atoms with Crippen molar-refractivity contribution in [2.75, 3.05) is 29.9 Å². The van der Waals surface area contributed by atoms with E-state index in [1.165, 1.54) is 16.7 Å². The lowest BCUT2D eigenvalue weighted by Gasteiger charge is -2.40. The van der Waals surface area contributed by atoms with E-state index < -0.39 is 0 Å². The summed E-state index contributed by atoms with van der Waals surface area (Å²) in [7, 11) is 0. The van der Waals surface area contributed by atoms with Crippen molar-refractivity contribution in [1.82, 2.24) is 4.90 Å². The number of piperidine rings is 1. The van der Waals surface area contributed by atoms with Crippen molar-refractivity contribution in [3.63, 3.8) is 0 Å². The number of hydrogen-bond acceptors (Lipinski definition) is 3. The number of nitrogens with zero attached hydrogens (tertiary/aromatic N) is 3. The number of nitriles is 1. The molecule has 0 radical (unpaired) electrons. The van der Waals surface area contributed by atoms with Crippen LogP contribution in [-0.4, -0.2) is 30.6 Å². The number of anilines is 2. The van der Waals surface area contributed by atoms with E-state index in [1.54, 1.807) is 0 Å². The summed E-state index contributed by atoms with van der Waals surface area (Å²) in [5.74, 6) is 0. The molecule has 178 valence electrons. The van der Waals surface area contributed by atoms with Crippen LogP contribution in [0.3, 0.4) is 0 Å². The fourth-order valence-corrected chi connectivity index (χ4v) is 5.57. The van der Waals surface area contributed by atoms with Crippen LogP contribution < -0.4 is 10.2 Å². The predicted molar refractivity (Wildman–Crippen MR) is 141 cm³/mol. The van der Waals surface area contributed by atoms with E-state index in [9.17, 15) is 4.79 Å². The number of benzene rings is 3. The molecular weight excluding hydrogens is 456 g/mol. The summed E-state index contributed by atoms with van der Waals surface area (Å²) in [5.41, 5.74) is 7.00. The Bertz CT molecular complexity index is 1300. The Labute approximate surface area is 211 Å². The Balaban J connectivity index is 1.34. The summed E-state index contributed by atoms with van der Waals surface area (Å²) < 4.78 is 0. The number of urea groups is 1. The van der Waals surface area contributed by atoms with E-state index in [0.717, 1.165) is 49.4 Å². The molecule has 2 heterocycles. The van der Waals surface area contributed by atoms with Gasteiger partial charge in [-0.25, -0.2) is 4.79 Å². The van der Waals surface area contributed by atoms with Crippen LogP contribution in [0.4, 0.5) is 16.2 Å². The lowest BCUT2D eigenvalue weighted by molar-refractivity contribution is 0.160. The van der Waals surface area contributed by atoms with Crippen LogP contribution in [0.1, 0.15) is 40.7 Å². The van der Waals surface area contributed by atoms with Crippen LogP contribution >= 0.6 is 11.6 Å².